The lowest BCUT2D eigenvalue weighted by molar-refractivity contribution is 1.06. The third kappa shape index (κ3) is 2.17. The third-order valence-electron chi connectivity index (χ3n) is 2.21. The third-order valence-corrected chi connectivity index (χ3v) is 2.54. The maximum atomic E-state index is 6.08. The Kier molecular flexibility index (Phi) is 2.99. The van der Waals surface area contributed by atoms with Crippen molar-refractivity contribution in [3.63, 3.8) is 0 Å². The number of nitrogens with zero attached hydrogens (tertiary/aromatic N) is 1. The van der Waals surface area contributed by atoms with Gasteiger partial charge in [0.25, 0.3) is 0 Å². The number of hydrogen-bond donors (Lipinski definition) is 1. The molecule has 2 N–H and O–H groups in total. The SMILES string of the molecule is NCc1ccnc(-c2ccccc2Cl)c1. The quantitative estimate of drug-likeness (QED) is 0.842. The number of nitrogens with two attached hydrogens (primary N) is 1. The van der Waals surface area contributed by atoms with Crippen molar-refractivity contribution in [2.24, 2.45) is 5.73 Å². The van der Waals surface area contributed by atoms with E-state index in [-0.39, 0.29) is 0 Å². The second-order valence-electron chi connectivity index (χ2n) is 3.23. The maximum Gasteiger partial charge on any atom is 0.0720 e. The Labute approximate surface area is 93.7 Å². The first-order chi connectivity index (χ1) is 7.31. The van der Waals surface area contributed by atoms with Crippen LogP contribution >= 0.6 is 11.6 Å². The van der Waals surface area contributed by atoms with Gasteiger partial charge in [0.2, 0.25) is 0 Å². The smallest absolute Gasteiger partial charge is 0.0720 e. The minimum Gasteiger partial charge on any atom is -0.326 e. The van der Waals surface area contributed by atoms with Gasteiger partial charge in [-0.15, -0.1) is 0 Å². The van der Waals surface area contributed by atoms with Crippen molar-refractivity contribution in [2.45, 2.75) is 6.54 Å². The molecule has 0 spiro atoms. The van der Waals surface area contributed by atoms with Gasteiger partial charge in [-0.1, -0.05) is 29.8 Å². The Morgan fingerprint density at radius 1 is 1.20 bits per heavy atom. The van der Waals surface area contributed by atoms with Crippen LogP contribution in [0.5, 0.6) is 0 Å². The highest BCUT2D eigenvalue weighted by atomic mass is 35.5. The molecule has 0 saturated heterocycles. The molecule has 1 aromatic carbocycles. The Bertz CT molecular complexity index is 469. The fourth-order valence-corrected chi connectivity index (χ4v) is 1.65. The summed E-state index contributed by atoms with van der Waals surface area (Å²) in [5.74, 6) is 0. The molecule has 0 unspecified atom stereocenters. The molecule has 3 heteroatoms. The molecule has 0 aliphatic carbocycles. The lowest BCUT2D eigenvalue weighted by atomic mass is 10.1. The second kappa shape index (κ2) is 4.43. The molecule has 0 aliphatic heterocycles. The van der Waals surface area contributed by atoms with Crippen LogP contribution in [-0.2, 0) is 6.54 Å². The minimum absolute atomic E-state index is 0.514. The van der Waals surface area contributed by atoms with Crippen molar-refractivity contribution in [2.75, 3.05) is 0 Å². The summed E-state index contributed by atoms with van der Waals surface area (Å²) in [6.45, 7) is 0.514. The molecule has 0 saturated carbocycles. The van der Waals surface area contributed by atoms with Crippen LogP contribution in [0.25, 0.3) is 11.3 Å². The van der Waals surface area contributed by atoms with E-state index in [0.717, 1.165) is 16.8 Å². The summed E-state index contributed by atoms with van der Waals surface area (Å²) in [7, 11) is 0. The van der Waals surface area contributed by atoms with Gasteiger partial charge in [-0.2, -0.15) is 0 Å². The normalized spacial score (nSPS) is 10.3. The van der Waals surface area contributed by atoms with E-state index in [1.54, 1.807) is 6.20 Å². The molecule has 1 heterocycles. The minimum atomic E-state index is 0.514. The zero-order chi connectivity index (χ0) is 10.7. The Morgan fingerprint density at radius 3 is 2.73 bits per heavy atom. The highest BCUT2D eigenvalue weighted by molar-refractivity contribution is 6.33. The maximum absolute atomic E-state index is 6.08. The van der Waals surface area contributed by atoms with E-state index in [9.17, 15) is 0 Å². The Balaban J connectivity index is 2.49. The summed E-state index contributed by atoms with van der Waals surface area (Å²) >= 11 is 6.08. The molecule has 15 heavy (non-hydrogen) atoms. The van der Waals surface area contributed by atoms with Gasteiger partial charge < -0.3 is 5.73 Å². The first-order valence-corrected chi connectivity index (χ1v) is 5.09. The summed E-state index contributed by atoms with van der Waals surface area (Å²) in [6.07, 6.45) is 1.75. The van der Waals surface area contributed by atoms with Gasteiger partial charge in [0, 0.05) is 23.3 Å². The van der Waals surface area contributed by atoms with Crippen LogP contribution < -0.4 is 5.73 Å². The molecule has 0 aliphatic rings. The first-order valence-electron chi connectivity index (χ1n) is 4.71. The zero-order valence-corrected chi connectivity index (χ0v) is 8.91. The van der Waals surface area contributed by atoms with Gasteiger partial charge in [0.15, 0.2) is 0 Å². The van der Waals surface area contributed by atoms with Crippen LogP contribution in [0.1, 0.15) is 5.56 Å². The summed E-state index contributed by atoms with van der Waals surface area (Å²) < 4.78 is 0. The molecule has 1 aromatic heterocycles. The fraction of sp³-hybridized carbons (Fsp3) is 0.0833. The van der Waals surface area contributed by atoms with Gasteiger partial charge >= 0.3 is 0 Å². The van der Waals surface area contributed by atoms with Crippen LogP contribution in [0.15, 0.2) is 42.6 Å². The Hall–Kier alpha value is -1.38. The van der Waals surface area contributed by atoms with E-state index in [1.807, 2.05) is 36.4 Å². The molecule has 76 valence electrons. The molecule has 0 fully saturated rings. The van der Waals surface area contributed by atoms with E-state index >= 15 is 0 Å². The molecular weight excluding hydrogens is 208 g/mol. The van der Waals surface area contributed by atoms with Crippen molar-refractivity contribution >= 4 is 11.6 Å². The van der Waals surface area contributed by atoms with Gasteiger partial charge in [0.05, 0.1) is 5.69 Å². The van der Waals surface area contributed by atoms with Crippen molar-refractivity contribution in [3.05, 3.63) is 53.2 Å². The topological polar surface area (TPSA) is 38.9 Å². The van der Waals surface area contributed by atoms with Crippen molar-refractivity contribution in [1.82, 2.24) is 4.98 Å². The lowest BCUT2D eigenvalue weighted by Gasteiger charge is -2.04. The van der Waals surface area contributed by atoms with Crippen LogP contribution in [0, 0.1) is 0 Å². The number of hydrogen-bond acceptors (Lipinski definition) is 2. The molecular formula is C12H11ClN2. The van der Waals surface area contributed by atoms with E-state index in [4.69, 9.17) is 17.3 Å². The average Bonchev–Trinajstić information content (AvgIpc) is 2.30. The summed E-state index contributed by atoms with van der Waals surface area (Å²) in [6, 6.07) is 11.5. The van der Waals surface area contributed by atoms with Gasteiger partial charge in [0.1, 0.15) is 0 Å². The summed E-state index contributed by atoms with van der Waals surface area (Å²) in [5.41, 5.74) is 8.43. The number of benzene rings is 1. The van der Waals surface area contributed by atoms with Crippen molar-refractivity contribution in [1.29, 1.82) is 0 Å². The average molecular weight is 219 g/mol. The molecule has 0 bridgehead atoms. The monoisotopic (exact) mass is 218 g/mol. The van der Waals surface area contributed by atoms with E-state index in [2.05, 4.69) is 4.98 Å². The van der Waals surface area contributed by atoms with Crippen LogP contribution in [-0.4, -0.2) is 4.98 Å². The van der Waals surface area contributed by atoms with Crippen LogP contribution in [0.4, 0.5) is 0 Å². The molecule has 2 rings (SSSR count). The first kappa shape index (κ1) is 10.1. The second-order valence-corrected chi connectivity index (χ2v) is 3.64. The van der Waals surface area contributed by atoms with Gasteiger partial charge in [-0.25, -0.2) is 0 Å². The predicted molar refractivity (Wildman–Crippen MR) is 62.6 cm³/mol. The largest absolute Gasteiger partial charge is 0.326 e. The molecule has 2 aromatic rings. The molecule has 2 nitrogen and oxygen atoms in total. The van der Waals surface area contributed by atoms with E-state index < -0.39 is 0 Å². The van der Waals surface area contributed by atoms with E-state index in [0.29, 0.717) is 11.6 Å². The van der Waals surface area contributed by atoms with Crippen LogP contribution in [0.3, 0.4) is 0 Å². The standard InChI is InChI=1S/C12H11ClN2/c13-11-4-2-1-3-10(11)12-7-9(8-14)5-6-15-12/h1-7H,8,14H2. The number of rotatable bonds is 2. The summed E-state index contributed by atoms with van der Waals surface area (Å²) in [4.78, 5) is 4.28. The van der Waals surface area contributed by atoms with Crippen LogP contribution in [0.2, 0.25) is 5.02 Å². The number of pyridine rings is 1. The molecule has 0 radical (unpaired) electrons. The predicted octanol–water partition coefficient (Wildman–Crippen LogP) is 2.86. The lowest BCUT2D eigenvalue weighted by Crippen LogP contribution is -1.97. The zero-order valence-electron chi connectivity index (χ0n) is 8.15. The van der Waals surface area contributed by atoms with Crippen molar-refractivity contribution in [3.8, 4) is 11.3 Å². The molecule has 0 amide bonds. The Morgan fingerprint density at radius 2 is 2.00 bits per heavy atom. The van der Waals surface area contributed by atoms with E-state index in [1.165, 1.54) is 0 Å². The fourth-order valence-electron chi connectivity index (χ4n) is 1.42. The summed E-state index contributed by atoms with van der Waals surface area (Å²) in [5, 5.41) is 0.708. The van der Waals surface area contributed by atoms with Gasteiger partial charge in [-0.3, -0.25) is 4.98 Å². The molecule has 0 atom stereocenters. The number of halogens is 1. The number of aromatic nitrogens is 1. The van der Waals surface area contributed by atoms with Gasteiger partial charge in [-0.05, 0) is 23.8 Å². The highest BCUT2D eigenvalue weighted by Gasteiger charge is 2.03. The highest BCUT2D eigenvalue weighted by Crippen LogP contribution is 2.25. The van der Waals surface area contributed by atoms with Crippen molar-refractivity contribution < 1.29 is 0 Å².